The van der Waals surface area contributed by atoms with Gasteiger partial charge in [-0.25, -0.2) is 19.2 Å². The van der Waals surface area contributed by atoms with E-state index in [2.05, 4.69) is 30.7 Å². The van der Waals surface area contributed by atoms with Crippen LogP contribution in [0.25, 0.3) is 5.65 Å². The Labute approximate surface area is 219 Å². The minimum Gasteiger partial charge on any atom is -0.443 e. The van der Waals surface area contributed by atoms with Gasteiger partial charge in [-0.1, -0.05) is 0 Å². The van der Waals surface area contributed by atoms with E-state index in [4.69, 9.17) is 14.5 Å². The van der Waals surface area contributed by atoms with E-state index in [0.29, 0.717) is 36.3 Å². The largest absolute Gasteiger partial charge is 0.443 e. The molecule has 0 radical (unpaired) electrons. The highest BCUT2D eigenvalue weighted by Gasteiger charge is 2.58. The molecule has 8 rings (SSSR count). The van der Waals surface area contributed by atoms with Gasteiger partial charge in [-0.05, 0) is 50.5 Å². The number of alkyl carbamates (subject to hydrolysis) is 1. The molecule has 4 saturated carbocycles. The van der Waals surface area contributed by atoms with Crippen molar-refractivity contribution in [3.05, 3.63) is 35.9 Å². The lowest BCUT2D eigenvalue weighted by atomic mass is 9.50. The lowest BCUT2D eigenvalue weighted by Gasteiger charge is -2.61. The maximum absolute atomic E-state index is 15.3. The minimum absolute atomic E-state index is 0.0796. The number of methoxy groups -OCH3 is 1. The van der Waals surface area contributed by atoms with Gasteiger partial charge in [-0.3, -0.25) is 14.4 Å². The molecule has 3 aromatic rings. The molecule has 12 heteroatoms. The van der Waals surface area contributed by atoms with Gasteiger partial charge >= 0.3 is 6.09 Å². The minimum atomic E-state index is -1.29. The summed E-state index contributed by atoms with van der Waals surface area (Å²) in [4.78, 5) is 23.9. The SMILES string of the molecule is COCC1CCN1Cc1cn2c(Nc3cc([C@H]4CC[C@@H](OC(=O)NC56CC(C5)C6)[C@@H]4F)[nH]n3)nccc2n1. The second-order valence-electron chi connectivity index (χ2n) is 11.4. The number of aromatic amines is 1. The van der Waals surface area contributed by atoms with Crippen LogP contribution >= 0.6 is 0 Å². The van der Waals surface area contributed by atoms with E-state index in [9.17, 15) is 4.79 Å². The molecule has 0 spiro atoms. The zero-order valence-electron chi connectivity index (χ0n) is 21.4. The Kier molecular flexibility index (Phi) is 5.77. The predicted octanol–water partition coefficient (Wildman–Crippen LogP) is 3.28. The molecule has 1 saturated heterocycles. The van der Waals surface area contributed by atoms with Crippen LogP contribution in [0.3, 0.4) is 0 Å². The summed E-state index contributed by atoms with van der Waals surface area (Å²) in [5.74, 6) is 1.45. The lowest BCUT2D eigenvalue weighted by Crippen LogP contribution is -2.68. The monoisotopic (exact) mass is 524 g/mol. The van der Waals surface area contributed by atoms with Crippen molar-refractivity contribution in [3.8, 4) is 0 Å². The van der Waals surface area contributed by atoms with Crippen LogP contribution in [0, 0.1) is 5.92 Å². The fourth-order valence-electron chi connectivity index (χ4n) is 6.52. The number of anilines is 2. The van der Waals surface area contributed by atoms with Crippen LogP contribution in [0.5, 0.6) is 0 Å². The number of carbonyl (C=O) groups excluding carboxylic acids is 1. The lowest BCUT2D eigenvalue weighted by molar-refractivity contribution is -0.0532. The number of imidazole rings is 1. The molecule has 2 bridgehead atoms. The number of hydrogen-bond acceptors (Lipinski definition) is 8. The molecule has 4 heterocycles. The first-order valence-corrected chi connectivity index (χ1v) is 13.5. The van der Waals surface area contributed by atoms with Crippen molar-refractivity contribution in [1.82, 2.24) is 34.8 Å². The number of carbonyl (C=O) groups is 1. The highest BCUT2D eigenvalue weighted by Crippen LogP contribution is 2.57. The normalized spacial score (nSPS) is 31.9. The number of fused-ring (bicyclic) bond motifs is 1. The van der Waals surface area contributed by atoms with Crippen LogP contribution < -0.4 is 10.6 Å². The second kappa shape index (κ2) is 9.19. The van der Waals surface area contributed by atoms with Crippen molar-refractivity contribution in [2.45, 2.75) is 74.8 Å². The topological polar surface area (TPSA) is 122 Å². The van der Waals surface area contributed by atoms with Crippen LogP contribution in [-0.4, -0.2) is 79.7 Å². The second-order valence-corrected chi connectivity index (χ2v) is 11.4. The van der Waals surface area contributed by atoms with Crippen LogP contribution in [0.4, 0.5) is 21.0 Å². The van der Waals surface area contributed by atoms with Crippen molar-refractivity contribution >= 4 is 23.5 Å². The van der Waals surface area contributed by atoms with Crippen LogP contribution in [0.1, 0.15) is 55.8 Å². The van der Waals surface area contributed by atoms with E-state index in [-0.39, 0.29) is 5.54 Å². The van der Waals surface area contributed by atoms with Gasteiger partial charge in [-0.2, -0.15) is 5.10 Å². The number of alkyl halides is 1. The first-order chi connectivity index (χ1) is 18.5. The summed E-state index contributed by atoms with van der Waals surface area (Å²) in [6, 6.07) is 4.10. The zero-order chi connectivity index (χ0) is 25.9. The fourth-order valence-corrected chi connectivity index (χ4v) is 6.52. The Balaban J connectivity index is 0.989. The molecule has 3 N–H and O–H groups in total. The van der Waals surface area contributed by atoms with Crippen molar-refractivity contribution in [2.75, 3.05) is 25.6 Å². The number of rotatable bonds is 9. The summed E-state index contributed by atoms with van der Waals surface area (Å²) in [6.07, 6.45) is 6.42. The van der Waals surface area contributed by atoms with Gasteiger partial charge in [0.05, 0.1) is 12.3 Å². The number of amides is 1. The highest BCUT2D eigenvalue weighted by molar-refractivity contribution is 5.69. The quantitative estimate of drug-likeness (QED) is 0.390. The molecule has 1 amide bonds. The number of nitrogens with one attached hydrogen (secondary N) is 3. The summed E-state index contributed by atoms with van der Waals surface area (Å²) in [6.45, 7) is 2.52. The Morgan fingerprint density at radius 1 is 1.29 bits per heavy atom. The molecule has 4 aliphatic carbocycles. The Hall–Kier alpha value is -3.25. The van der Waals surface area contributed by atoms with Gasteiger partial charge in [0.1, 0.15) is 17.9 Å². The van der Waals surface area contributed by atoms with E-state index in [1.54, 1.807) is 19.4 Å². The first kappa shape index (κ1) is 23.8. The van der Waals surface area contributed by atoms with Gasteiger partial charge in [-0.15, -0.1) is 0 Å². The Bertz CT molecular complexity index is 1330. The molecule has 5 aliphatic rings. The van der Waals surface area contributed by atoms with Crippen LogP contribution in [0.15, 0.2) is 24.5 Å². The molecule has 202 valence electrons. The molecule has 1 unspecified atom stereocenters. The van der Waals surface area contributed by atoms with Gasteiger partial charge in [0.2, 0.25) is 5.95 Å². The summed E-state index contributed by atoms with van der Waals surface area (Å²) in [7, 11) is 1.73. The summed E-state index contributed by atoms with van der Waals surface area (Å²) in [5, 5.41) is 13.5. The zero-order valence-corrected chi connectivity index (χ0v) is 21.4. The molecule has 0 aromatic carbocycles. The molecule has 38 heavy (non-hydrogen) atoms. The number of aromatic nitrogens is 5. The third-order valence-electron chi connectivity index (χ3n) is 8.82. The molecule has 3 aromatic heterocycles. The average Bonchev–Trinajstić information content (AvgIpc) is 3.56. The maximum atomic E-state index is 15.3. The third-order valence-corrected chi connectivity index (χ3v) is 8.82. The summed E-state index contributed by atoms with van der Waals surface area (Å²) in [5.41, 5.74) is 2.34. The smallest absolute Gasteiger partial charge is 0.407 e. The Morgan fingerprint density at radius 3 is 2.89 bits per heavy atom. The standard InChI is InChI=1S/C26H33FN8O3/c1-37-14-17-5-7-34(17)12-16-13-35-22(29-16)4-6-28-24(35)30-21-8-19(32-33-21)18-2-3-20(23(18)27)38-25(36)31-26-9-15(10-26)11-26/h4,6,8,13,15,17-18,20,23H,2-3,5,7,9-12,14H2,1H3,(H,31,36)(H2,28,30,32,33)/t15?,17?,18-,20-,23-,26?/m1/s1. The van der Waals surface area contributed by atoms with E-state index in [1.807, 2.05) is 16.7 Å². The molecule has 5 fully saturated rings. The molecule has 1 aliphatic heterocycles. The van der Waals surface area contributed by atoms with Crippen molar-refractivity contribution in [2.24, 2.45) is 5.92 Å². The van der Waals surface area contributed by atoms with Crippen molar-refractivity contribution in [3.63, 3.8) is 0 Å². The van der Waals surface area contributed by atoms with Crippen molar-refractivity contribution < 1.29 is 18.7 Å². The Morgan fingerprint density at radius 2 is 2.16 bits per heavy atom. The molecular formula is C26H33FN8O3. The number of H-pyrrole nitrogens is 1. The number of likely N-dealkylation sites (tertiary alicyclic amines) is 1. The van der Waals surface area contributed by atoms with Gasteiger partial charge in [0.25, 0.3) is 0 Å². The molecule has 11 nitrogen and oxygen atoms in total. The highest BCUT2D eigenvalue weighted by atomic mass is 19.1. The van der Waals surface area contributed by atoms with E-state index < -0.39 is 24.3 Å². The van der Waals surface area contributed by atoms with Crippen LogP contribution in [-0.2, 0) is 16.0 Å². The van der Waals surface area contributed by atoms with Crippen LogP contribution in [0.2, 0.25) is 0 Å². The van der Waals surface area contributed by atoms with E-state index in [0.717, 1.165) is 62.6 Å². The summed E-state index contributed by atoms with van der Waals surface area (Å²) >= 11 is 0. The maximum Gasteiger partial charge on any atom is 0.407 e. The van der Waals surface area contributed by atoms with Crippen molar-refractivity contribution in [1.29, 1.82) is 0 Å². The predicted molar refractivity (Wildman–Crippen MR) is 136 cm³/mol. The van der Waals surface area contributed by atoms with Gasteiger partial charge in [0.15, 0.2) is 5.82 Å². The number of nitrogens with zero attached hydrogens (tertiary/aromatic N) is 5. The fraction of sp³-hybridized carbons (Fsp3) is 0.615. The van der Waals surface area contributed by atoms with E-state index >= 15 is 4.39 Å². The van der Waals surface area contributed by atoms with E-state index in [1.165, 1.54) is 0 Å². The van der Waals surface area contributed by atoms with Gasteiger partial charge < -0.3 is 20.1 Å². The third kappa shape index (κ3) is 4.19. The number of halogens is 1. The summed E-state index contributed by atoms with van der Waals surface area (Å²) < 4.78 is 28.0. The first-order valence-electron chi connectivity index (χ1n) is 13.5. The molecule has 4 atom stereocenters. The average molecular weight is 525 g/mol. The molecular weight excluding hydrogens is 491 g/mol. The number of ether oxygens (including phenoxy) is 2. The number of hydrogen-bond donors (Lipinski definition) is 3. The van der Waals surface area contributed by atoms with Gasteiger partial charge in [0, 0.05) is 61.9 Å².